The van der Waals surface area contributed by atoms with Crippen molar-refractivity contribution < 1.29 is 13.8 Å². The number of carbonyl (C=O) groups is 1. The van der Waals surface area contributed by atoms with Crippen LogP contribution in [-0.4, -0.2) is 41.0 Å². The number of urea groups is 1. The monoisotopic (exact) mass is 374 g/mol. The number of hydrogen-bond donors (Lipinski definition) is 4. The fourth-order valence-corrected chi connectivity index (χ4v) is 3.03. The van der Waals surface area contributed by atoms with Gasteiger partial charge in [0.05, 0.1) is 12.3 Å². The first kappa shape index (κ1) is 18.8. The van der Waals surface area contributed by atoms with Gasteiger partial charge >= 0.3 is 6.03 Å². The summed E-state index contributed by atoms with van der Waals surface area (Å²) >= 11 is 0. The molecule has 0 saturated carbocycles. The Balaban J connectivity index is 0.00000280. The lowest BCUT2D eigenvalue weighted by Crippen LogP contribution is -2.41. The lowest BCUT2D eigenvalue weighted by Gasteiger charge is -2.19. The maximum Gasteiger partial charge on any atom is 0.320 e. The number of pyridine rings is 2. The molecule has 0 spiro atoms. The minimum absolute atomic E-state index is 0. The molecule has 2 atom stereocenters. The molecule has 3 rings (SSSR count). The SMILES string of the molecule is Cc1cc(C(=N)c2cnc(NC(=O)NC(C)C3CCOC3)cc2N)ccn1.[HH].[HH].[HH]. The molecule has 0 aromatic carbocycles. The molecule has 1 fully saturated rings. The molecular weight excluding hydrogens is 344 g/mol. The highest BCUT2D eigenvalue weighted by atomic mass is 16.5. The summed E-state index contributed by atoms with van der Waals surface area (Å²) in [6.07, 6.45) is 4.09. The number of anilines is 2. The van der Waals surface area contributed by atoms with Crippen molar-refractivity contribution in [3.05, 3.63) is 47.4 Å². The molecule has 27 heavy (non-hydrogen) atoms. The van der Waals surface area contributed by atoms with E-state index in [0.717, 1.165) is 18.7 Å². The maximum atomic E-state index is 12.2. The van der Waals surface area contributed by atoms with Crippen LogP contribution in [0.4, 0.5) is 16.3 Å². The largest absolute Gasteiger partial charge is 0.398 e. The van der Waals surface area contributed by atoms with Crippen LogP contribution < -0.4 is 16.4 Å². The van der Waals surface area contributed by atoms with Crippen LogP contribution in [0.2, 0.25) is 0 Å². The number of aromatic nitrogens is 2. The molecule has 148 valence electrons. The highest BCUT2D eigenvalue weighted by Gasteiger charge is 2.23. The Morgan fingerprint density at radius 3 is 2.93 bits per heavy atom. The van der Waals surface area contributed by atoms with Crippen molar-refractivity contribution in [1.82, 2.24) is 15.3 Å². The summed E-state index contributed by atoms with van der Waals surface area (Å²) in [5, 5.41) is 13.9. The smallest absolute Gasteiger partial charge is 0.320 e. The van der Waals surface area contributed by atoms with Gasteiger partial charge in [0, 0.05) is 63.8 Å². The molecule has 5 N–H and O–H groups in total. The van der Waals surface area contributed by atoms with Crippen LogP contribution in [0.15, 0.2) is 30.6 Å². The zero-order valence-electron chi connectivity index (χ0n) is 15.5. The molecular formula is C19H30N6O2. The van der Waals surface area contributed by atoms with Crippen LogP contribution in [-0.2, 0) is 4.74 Å². The van der Waals surface area contributed by atoms with Crippen molar-refractivity contribution in [2.45, 2.75) is 26.3 Å². The first-order valence-corrected chi connectivity index (χ1v) is 8.87. The first-order valence-electron chi connectivity index (χ1n) is 8.87. The van der Waals surface area contributed by atoms with E-state index in [-0.39, 0.29) is 22.1 Å². The van der Waals surface area contributed by atoms with E-state index in [4.69, 9.17) is 15.9 Å². The Labute approximate surface area is 162 Å². The molecule has 2 unspecified atom stereocenters. The Kier molecular flexibility index (Phi) is 5.66. The molecule has 1 saturated heterocycles. The van der Waals surface area contributed by atoms with Crippen LogP contribution in [0.1, 0.15) is 34.4 Å². The lowest BCUT2D eigenvalue weighted by atomic mass is 10.0. The van der Waals surface area contributed by atoms with Crippen molar-refractivity contribution in [1.29, 1.82) is 5.41 Å². The Morgan fingerprint density at radius 2 is 2.26 bits per heavy atom. The minimum Gasteiger partial charge on any atom is -0.398 e. The summed E-state index contributed by atoms with van der Waals surface area (Å²) in [6, 6.07) is 4.79. The topological polar surface area (TPSA) is 126 Å². The van der Waals surface area contributed by atoms with E-state index in [2.05, 4.69) is 20.6 Å². The summed E-state index contributed by atoms with van der Waals surface area (Å²) in [6.45, 7) is 5.23. The Bertz CT molecular complexity index is 862. The zero-order chi connectivity index (χ0) is 19.4. The number of nitrogens with zero attached hydrogens (tertiary/aromatic N) is 2. The number of ether oxygens (including phenoxy) is 1. The van der Waals surface area contributed by atoms with Gasteiger partial charge in [0.25, 0.3) is 0 Å². The number of carbonyl (C=O) groups excluding carboxylic acids is 1. The van der Waals surface area contributed by atoms with Gasteiger partial charge in [-0.2, -0.15) is 0 Å². The van der Waals surface area contributed by atoms with Crippen molar-refractivity contribution in [2.24, 2.45) is 5.92 Å². The number of nitrogen functional groups attached to an aromatic ring is 1. The number of hydrogen-bond acceptors (Lipinski definition) is 6. The van der Waals surface area contributed by atoms with Crippen LogP contribution >= 0.6 is 0 Å². The average Bonchev–Trinajstić information content (AvgIpc) is 3.16. The summed E-state index contributed by atoms with van der Waals surface area (Å²) in [5.41, 5.74) is 8.76. The van der Waals surface area contributed by atoms with Crippen molar-refractivity contribution in [3.63, 3.8) is 0 Å². The van der Waals surface area contributed by atoms with E-state index in [1.807, 2.05) is 19.9 Å². The van der Waals surface area contributed by atoms with Gasteiger partial charge in [0.15, 0.2) is 0 Å². The fraction of sp³-hybridized carbons (Fsp3) is 0.368. The van der Waals surface area contributed by atoms with Gasteiger partial charge in [-0.1, -0.05) is 0 Å². The van der Waals surface area contributed by atoms with E-state index >= 15 is 0 Å². The number of nitrogens with one attached hydrogen (secondary N) is 3. The highest BCUT2D eigenvalue weighted by Crippen LogP contribution is 2.20. The van der Waals surface area contributed by atoms with Gasteiger partial charge in [-0.25, -0.2) is 9.78 Å². The van der Waals surface area contributed by atoms with E-state index in [1.54, 1.807) is 18.3 Å². The number of aryl methyl sites for hydroxylation is 1. The molecule has 8 heteroatoms. The van der Waals surface area contributed by atoms with Crippen molar-refractivity contribution >= 4 is 23.2 Å². The molecule has 0 bridgehead atoms. The van der Waals surface area contributed by atoms with Crippen molar-refractivity contribution in [2.75, 3.05) is 24.3 Å². The molecule has 2 amide bonds. The van der Waals surface area contributed by atoms with Gasteiger partial charge in [0.1, 0.15) is 5.82 Å². The summed E-state index contributed by atoms with van der Waals surface area (Å²) < 4.78 is 5.35. The third-order valence-electron chi connectivity index (χ3n) is 4.66. The molecule has 3 heterocycles. The highest BCUT2D eigenvalue weighted by molar-refractivity contribution is 6.13. The van der Waals surface area contributed by atoms with E-state index < -0.39 is 0 Å². The predicted octanol–water partition coefficient (Wildman–Crippen LogP) is 3.07. The Hall–Kier alpha value is -3.00. The Morgan fingerprint density at radius 1 is 1.44 bits per heavy atom. The second-order valence-electron chi connectivity index (χ2n) is 6.73. The summed E-state index contributed by atoms with van der Waals surface area (Å²) in [5.74, 6) is 0.655. The molecule has 0 radical (unpaired) electrons. The van der Waals surface area contributed by atoms with Gasteiger partial charge in [0.2, 0.25) is 0 Å². The quantitative estimate of drug-likeness (QED) is 0.598. The van der Waals surface area contributed by atoms with Crippen LogP contribution in [0.25, 0.3) is 0 Å². The fourth-order valence-electron chi connectivity index (χ4n) is 3.03. The standard InChI is InChI=1S/C19H24N6O2.3H2/c1-11-7-13(3-5-22-11)18(21)15-9-23-17(8-16(15)20)25-19(26)24-12(2)14-4-6-27-10-14;;;/h3,5,7-9,12,14,21H,4,6,10H2,1-2H3,(H4,20,23,24,25,26);3*1H. The third-order valence-corrected chi connectivity index (χ3v) is 4.66. The predicted molar refractivity (Wildman–Crippen MR) is 110 cm³/mol. The normalized spacial score (nSPS) is 17.3. The van der Waals surface area contributed by atoms with E-state index in [0.29, 0.717) is 35.2 Å². The van der Waals surface area contributed by atoms with Gasteiger partial charge in [-0.15, -0.1) is 0 Å². The van der Waals surface area contributed by atoms with Gasteiger partial charge < -0.3 is 15.8 Å². The number of rotatable bonds is 5. The molecule has 2 aromatic heterocycles. The van der Waals surface area contributed by atoms with Crippen LogP contribution in [0.5, 0.6) is 0 Å². The maximum absolute atomic E-state index is 12.2. The second kappa shape index (κ2) is 8.13. The second-order valence-corrected chi connectivity index (χ2v) is 6.73. The zero-order valence-corrected chi connectivity index (χ0v) is 15.5. The first-order chi connectivity index (χ1) is 12.9. The minimum atomic E-state index is -0.339. The van der Waals surface area contributed by atoms with E-state index in [1.165, 1.54) is 6.20 Å². The van der Waals surface area contributed by atoms with Crippen LogP contribution in [0.3, 0.4) is 0 Å². The molecule has 0 aliphatic carbocycles. The molecule has 1 aliphatic heterocycles. The third kappa shape index (κ3) is 4.59. The van der Waals surface area contributed by atoms with Gasteiger partial charge in [-0.3, -0.25) is 15.7 Å². The number of nitrogens with two attached hydrogens (primary N) is 1. The summed E-state index contributed by atoms with van der Waals surface area (Å²) in [4.78, 5) is 20.5. The molecule has 2 aromatic rings. The molecule has 8 nitrogen and oxygen atoms in total. The van der Waals surface area contributed by atoms with Gasteiger partial charge in [-0.05, 0) is 32.4 Å². The lowest BCUT2D eigenvalue weighted by molar-refractivity contribution is 0.178. The number of amides is 2. The van der Waals surface area contributed by atoms with Crippen LogP contribution in [0, 0.1) is 18.3 Å². The molecule has 1 aliphatic rings. The van der Waals surface area contributed by atoms with E-state index in [9.17, 15) is 4.79 Å². The summed E-state index contributed by atoms with van der Waals surface area (Å²) in [7, 11) is 0. The average molecular weight is 374 g/mol. The van der Waals surface area contributed by atoms with Crippen molar-refractivity contribution in [3.8, 4) is 0 Å².